The Labute approximate surface area is 348 Å². The van der Waals surface area contributed by atoms with Crippen molar-refractivity contribution in [1.82, 2.24) is 20.1 Å². The zero-order chi connectivity index (χ0) is 40.4. The molecule has 58 heavy (non-hydrogen) atoms. The van der Waals surface area contributed by atoms with E-state index in [0.29, 0.717) is 40.6 Å². The van der Waals surface area contributed by atoms with Gasteiger partial charge in [-0.15, -0.1) is 16.7 Å². The van der Waals surface area contributed by atoms with E-state index in [1.165, 1.54) is 48.0 Å². The van der Waals surface area contributed by atoms with Crippen LogP contribution < -0.4 is 21.2 Å². The van der Waals surface area contributed by atoms with Crippen molar-refractivity contribution >= 4 is 41.3 Å². The quantitative estimate of drug-likeness (QED) is 0.0483. The summed E-state index contributed by atoms with van der Waals surface area (Å²) in [6.07, 6.45) is 9.30. The van der Waals surface area contributed by atoms with E-state index in [1.807, 2.05) is 6.07 Å². The average molecular weight is 809 g/mol. The van der Waals surface area contributed by atoms with Crippen LogP contribution in [0.1, 0.15) is 61.7 Å². The largest absolute Gasteiger partial charge is 0.507 e. The SMILES string of the molecule is O=C(NCCCCCCCCCCCl)c1ccc(-n2nc(-c3ccccc3O)nc2-c2ccccc2O)cc1.c1ccc(P(c2ccccc2)c2ccccc2)cc1. The van der Waals surface area contributed by atoms with Crippen LogP contribution in [0.4, 0.5) is 0 Å². The van der Waals surface area contributed by atoms with E-state index in [4.69, 9.17) is 11.6 Å². The van der Waals surface area contributed by atoms with Gasteiger partial charge < -0.3 is 15.5 Å². The number of carbonyl (C=O) groups is 1. The minimum absolute atomic E-state index is 0.0627. The summed E-state index contributed by atoms with van der Waals surface area (Å²) < 4.78 is 1.61. The summed E-state index contributed by atoms with van der Waals surface area (Å²) in [5, 5.41) is 32.7. The number of aromatic hydroxyl groups is 2. The highest BCUT2D eigenvalue weighted by molar-refractivity contribution is 7.79. The van der Waals surface area contributed by atoms with Crippen LogP contribution >= 0.6 is 19.5 Å². The monoisotopic (exact) mass is 808 g/mol. The van der Waals surface area contributed by atoms with Crippen LogP contribution in [0.2, 0.25) is 0 Å². The van der Waals surface area contributed by atoms with Crippen molar-refractivity contribution in [2.75, 3.05) is 12.4 Å². The average Bonchev–Trinajstić information content (AvgIpc) is 3.71. The van der Waals surface area contributed by atoms with Gasteiger partial charge in [0.15, 0.2) is 11.6 Å². The molecule has 9 heteroatoms. The summed E-state index contributed by atoms with van der Waals surface area (Å²) in [5.74, 6) is 1.51. The number of halogens is 1. The van der Waals surface area contributed by atoms with Crippen molar-refractivity contribution in [2.45, 2.75) is 51.4 Å². The normalized spacial score (nSPS) is 10.9. The molecule has 1 heterocycles. The van der Waals surface area contributed by atoms with E-state index in [9.17, 15) is 15.0 Å². The molecule has 0 saturated heterocycles. The Morgan fingerprint density at radius 1 is 0.552 bits per heavy atom. The molecule has 0 saturated carbocycles. The lowest BCUT2D eigenvalue weighted by molar-refractivity contribution is 0.0953. The van der Waals surface area contributed by atoms with Crippen LogP contribution in [0, 0.1) is 0 Å². The van der Waals surface area contributed by atoms with E-state index < -0.39 is 7.92 Å². The smallest absolute Gasteiger partial charge is 0.251 e. The van der Waals surface area contributed by atoms with E-state index in [2.05, 4.69) is 106 Å². The number of nitrogens with one attached hydrogen (secondary N) is 1. The molecule has 3 N–H and O–H groups in total. The molecule has 0 bridgehead atoms. The van der Waals surface area contributed by atoms with E-state index >= 15 is 0 Å². The van der Waals surface area contributed by atoms with Gasteiger partial charge in [-0.25, -0.2) is 9.67 Å². The van der Waals surface area contributed by atoms with Gasteiger partial charge in [-0.3, -0.25) is 4.79 Å². The van der Waals surface area contributed by atoms with Crippen molar-refractivity contribution in [3.05, 3.63) is 169 Å². The number of aromatic nitrogens is 3. The summed E-state index contributed by atoms with van der Waals surface area (Å²) in [4.78, 5) is 17.3. The number of unbranched alkanes of at least 4 members (excludes halogenated alkanes) is 7. The van der Waals surface area contributed by atoms with Crippen LogP contribution in [-0.4, -0.2) is 43.3 Å². The summed E-state index contributed by atoms with van der Waals surface area (Å²) in [7, 11) is -0.446. The number of para-hydroxylation sites is 2. The van der Waals surface area contributed by atoms with Crippen LogP contribution in [0.15, 0.2) is 164 Å². The van der Waals surface area contributed by atoms with Gasteiger partial charge in [0, 0.05) is 18.0 Å². The third-order valence-corrected chi connectivity index (χ3v) is 12.4. The third-order valence-electron chi connectivity index (χ3n) is 9.66. The zero-order valence-electron chi connectivity index (χ0n) is 32.6. The van der Waals surface area contributed by atoms with Crippen molar-refractivity contribution in [3.63, 3.8) is 0 Å². The molecule has 7 rings (SSSR count). The van der Waals surface area contributed by atoms with Crippen molar-refractivity contribution in [3.8, 4) is 40.0 Å². The lowest BCUT2D eigenvalue weighted by atomic mass is 10.1. The van der Waals surface area contributed by atoms with E-state index in [0.717, 1.165) is 25.1 Å². The van der Waals surface area contributed by atoms with E-state index in [1.54, 1.807) is 71.4 Å². The zero-order valence-corrected chi connectivity index (χ0v) is 34.3. The molecule has 296 valence electrons. The molecule has 7 nitrogen and oxygen atoms in total. The maximum absolute atomic E-state index is 12.7. The highest BCUT2D eigenvalue weighted by atomic mass is 35.5. The summed E-state index contributed by atoms with van der Waals surface area (Å²) in [6, 6.07) is 53.2. The fourth-order valence-electron chi connectivity index (χ4n) is 6.62. The first kappa shape index (κ1) is 41.9. The Morgan fingerprint density at radius 2 is 1.00 bits per heavy atom. The molecule has 1 amide bonds. The molecule has 0 radical (unpaired) electrons. The molecule has 0 fully saturated rings. The Kier molecular flexibility index (Phi) is 16.1. The standard InChI is InChI=1S/C31H35ClN4O3.C18H15P/c32-21-11-5-3-1-2-4-6-12-22-33-31(39)23-17-19-24(20-18-23)36-30(26-14-8-10-16-28(26)38)34-29(35-36)25-13-7-9-15-27(25)37;1-4-10-16(11-5-1)19(17-12-6-2-7-13-17)18-14-8-3-9-15-18/h7-10,13-20,37-38H,1-6,11-12,21-22H2,(H,33,39);1-15H. The van der Waals surface area contributed by atoms with Gasteiger partial charge in [-0.05, 0) is 85.2 Å². The minimum atomic E-state index is -0.446. The second-order valence-electron chi connectivity index (χ2n) is 13.9. The Morgan fingerprint density at radius 3 is 1.50 bits per heavy atom. The third kappa shape index (κ3) is 11.7. The van der Waals surface area contributed by atoms with Crippen molar-refractivity contribution in [2.24, 2.45) is 0 Å². The lowest BCUT2D eigenvalue weighted by Gasteiger charge is -2.18. The van der Waals surface area contributed by atoms with Gasteiger partial charge in [0.05, 0.1) is 16.8 Å². The molecule has 0 aliphatic carbocycles. The van der Waals surface area contributed by atoms with Gasteiger partial charge in [0.1, 0.15) is 11.5 Å². The number of rotatable bonds is 17. The minimum Gasteiger partial charge on any atom is -0.507 e. The van der Waals surface area contributed by atoms with Crippen LogP contribution in [0.5, 0.6) is 11.5 Å². The van der Waals surface area contributed by atoms with Gasteiger partial charge in [0.25, 0.3) is 5.91 Å². The Hall–Kier alpha value is -5.75. The molecule has 0 atom stereocenters. The number of hydrogen-bond acceptors (Lipinski definition) is 5. The Bertz CT molecular complexity index is 2190. The van der Waals surface area contributed by atoms with Crippen molar-refractivity contribution in [1.29, 1.82) is 0 Å². The van der Waals surface area contributed by atoms with Gasteiger partial charge >= 0.3 is 0 Å². The number of benzene rings is 6. The summed E-state index contributed by atoms with van der Waals surface area (Å²) in [5.41, 5.74) is 2.22. The van der Waals surface area contributed by atoms with Crippen LogP contribution in [0.25, 0.3) is 28.5 Å². The number of amides is 1. The molecular formula is C49H50ClN4O3P. The predicted molar refractivity (Wildman–Crippen MR) is 241 cm³/mol. The van der Waals surface area contributed by atoms with Gasteiger partial charge in [0.2, 0.25) is 0 Å². The predicted octanol–water partition coefficient (Wildman–Crippen LogP) is 10.5. The highest BCUT2D eigenvalue weighted by Crippen LogP contribution is 2.34. The lowest BCUT2D eigenvalue weighted by Crippen LogP contribution is -2.24. The molecule has 0 aliphatic rings. The van der Waals surface area contributed by atoms with Crippen LogP contribution in [0.3, 0.4) is 0 Å². The summed E-state index contributed by atoms with van der Waals surface area (Å²) in [6.45, 7) is 0.650. The number of alkyl halides is 1. The van der Waals surface area contributed by atoms with Gasteiger partial charge in [-0.1, -0.05) is 154 Å². The number of phenolic OH excluding ortho intramolecular Hbond substituents is 2. The summed E-state index contributed by atoms with van der Waals surface area (Å²) >= 11 is 5.71. The van der Waals surface area contributed by atoms with Crippen LogP contribution in [-0.2, 0) is 0 Å². The van der Waals surface area contributed by atoms with Gasteiger partial charge in [-0.2, -0.15) is 0 Å². The number of nitrogens with zero attached hydrogens (tertiary/aromatic N) is 3. The second kappa shape index (κ2) is 22.3. The number of phenols is 2. The topological polar surface area (TPSA) is 100 Å². The van der Waals surface area contributed by atoms with E-state index in [-0.39, 0.29) is 17.4 Å². The number of hydrogen-bond donors (Lipinski definition) is 3. The maximum atomic E-state index is 12.7. The fraction of sp³-hybridized carbons (Fsp3) is 0.204. The number of carbonyl (C=O) groups excluding carboxylic acids is 1. The molecule has 0 aliphatic heterocycles. The molecule has 1 aromatic heterocycles. The molecule has 7 aromatic rings. The fourth-order valence-corrected chi connectivity index (χ4v) is 9.12. The highest BCUT2D eigenvalue weighted by Gasteiger charge is 2.20. The first-order valence-electron chi connectivity index (χ1n) is 20.0. The first-order chi connectivity index (χ1) is 28.5. The van der Waals surface area contributed by atoms with Crippen molar-refractivity contribution < 1.29 is 15.0 Å². The molecule has 0 spiro atoms. The molecule has 6 aromatic carbocycles. The molecular weight excluding hydrogens is 759 g/mol. The first-order valence-corrected chi connectivity index (χ1v) is 21.8. The molecule has 0 unspecified atom stereocenters. The maximum Gasteiger partial charge on any atom is 0.251 e. The second-order valence-corrected chi connectivity index (χ2v) is 16.5. The Balaban J connectivity index is 0.000000247.